The van der Waals surface area contributed by atoms with Gasteiger partial charge in [0, 0.05) is 20.0 Å². The van der Waals surface area contributed by atoms with Gasteiger partial charge in [-0.3, -0.25) is 4.79 Å². The van der Waals surface area contributed by atoms with Crippen LogP contribution < -0.4 is 0 Å². The van der Waals surface area contributed by atoms with Gasteiger partial charge in [0.1, 0.15) is 0 Å². The maximum absolute atomic E-state index is 11.4. The minimum Gasteiger partial charge on any atom is -0.343 e. The van der Waals surface area contributed by atoms with Crippen molar-refractivity contribution in [3.8, 4) is 0 Å². The number of rotatable bonds is 8. The standard InChI is InChI=1S/C15H27NO/c1-4-6-7-8-9-14-11-15(14)12-16(10-5-2)13(3)17/h6-7,14-15H,4-5,8-12H2,1-3H3/b7-6-. The van der Waals surface area contributed by atoms with Gasteiger partial charge in [-0.25, -0.2) is 0 Å². The van der Waals surface area contributed by atoms with Gasteiger partial charge in [-0.15, -0.1) is 0 Å². The number of hydrogen-bond acceptors (Lipinski definition) is 1. The fourth-order valence-electron chi connectivity index (χ4n) is 2.41. The van der Waals surface area contributed by atoms with E-state index in [0.717, 1.165) is 37.8 Å². The molecule has 0 radical (unpaired) electrons. The molecular weight excluding hydrogens is 210 g/mol. The summed E-state index contributed by atoms with van der Waals surface area (Å²) < 4.78 is 0. The molecule has 0 saturated heterocycles. The second-order valence-electron chi connectivity index (χ2n) is 5.18. The molecule has 2 heteroatoms. The SMILES string of the molecule is CC/C=C\CCC1CC1CN(CCC)C(C)=O. The van der Waals surface area contributed by atoms with Crippen LogP contribution in [0.3, 0.4) is 0 Å². The Bertz CT molecular complexity index is 260. The summed E-state index contributed by atoms with van der Waals surface area (Å²) in [7, 11) is 0. The topological polar surface area (TPSA) is 20.3 Å². The third kappa shape index (κ3) is 5.38. The first-order chi connectivity index (χ1) is 8.19. The van der Waals surface area contributed by atoms with E-state index in [4.69, 9.17) is 0 Å². The Labute approximate surface area is 106 Å². The van der Waals surface area contributed by atoms with Crippen molar-refractivity contribution in [3.05, 3.63) is 12.2 Å². The van der Waals surface area contributed by atoms with Crippen LogP contribution in [0.4, 0.5) is 0 Å². The summed E-state index contributed by atoms with van der Waals surface area (Å²) in [5, 5.41) is 0. The average molecular weight is 237 g/mol. The van der Waals surface area contributed by atoms with E-state index in [1.54, 1.807) is 6.92 Å². The van der Waals surface area contributed by atoms with E-state index in [0.29, 0.717) is 0 Å². The largest absolute Gasteiger partial charge is 0.343 e. The minimum atomic E-state index is 0.239. The highest BCUT2D eigenvalue weighted by Crippen LogP contribution is 2.42. The minimum absolute atomic E-state index is 0.239. The lowest BCUT2D eigenvalue weighted by molar-refractivity contribution is -0.129. The van der Waals surface area contributed by atoms with Gasteiger partial charge in [-0.05, 0) is 43.9 Å². The molecule has 0 heterocycles. The molecule has 17 heavy (non-hydrogen) atoms. The number of nitrogens with zero attached hydrogens (tertiary/aromatic N) is 1. The van der Waals surface area contributed by atoms with Crippen molar-refractivity contribution >= 4 is 5.91 Å². The third-order valence-electron chi connectivity index (χ3n) is 3.57. The van der Waals surface area contributed by atoms with Crippen LogP contribution in [0.1, 0.15) is 52.9 Å². The maximum atomic E-state index is 11.4. The zero-order chi connectivity index (χ0) is 12.7. The van der Waals surface area contributed by atoms with Gasteiger partial charge in [0.05, 0.1) is 0 Å². The molecule has 0 spiro atoms. The van der Waals surface area contributed by atoms with Crippen molar-refractivity contribution in [2.45, 2.75) is 52.9 Å². The van der Waals surface area contributed by atoms with E-state index >= 15 is 0 Å². The molecule has 2 nitrogen and oxygen atoms in total. The summed E-state index contributed by atoms with van der Waals surface area (Å²) in [6.45, 7) is 7.92. The molecule has 98 valence electrons. The predicted molar refractivity (Wildman–Crippen MR) is 72.8 cm³/mol. The molecule has 2 atom stereocenters. The normalized spacial score (nSPS) is 23.0. The van der Waals surface area contributed by atoms with Crippen LogP contribution >= 0.6 is 0 Å². The van der Waals surface area contributed by atoms with Crippen molar-refractivity contribution < 1.29 is 4.79 Å². The van der Waals surface area contributed by atoms with E-state index in [-0.39, 0.29) is 5.91 Å². The summed E-state index contributed by atoms with van der Waals surface area (Å²) in [6, 6.07) is 0. The lowest BCUT2D eigenvalue weighted by atomic mass is 10.1. The van der Waals surface area contributed by atoms with Crippen LogP contribution in [-0.2, 0) is 4.79 Å². The van der Waals surface area contributed by atoms with Crippen molar-refractivity contribution in [2.75, 3.05) is 13.1 Å². The van der Waals surface area contributed by atoms with E-state index in [9.17, 15) is 4.79 Å². The fraction of sp³-hybridized carbons (Fsp3) is 0.800. The fourth-order valence-corrected chi connectivity index (χ4v) is 2.41. The van der Waals surface area contributed by atoms with Crippen molar-refractivity contribution in [1.29, 1.82) is 0 Å². The van der Waals surface area contributed by atoms with Crippen LogP contribution in [0.2, 0.25) is 0 Å². The summed E-state index contributed by atoms with van der Waals surface area (Å²) >= 11 is 0. The number of amides is 1. The molecular formula is C15H27NO. The highest BCUT2D eigenvalue weighted by molar-refractivity contribution is 5.73. The first kappa shape index (κ1) is 14.3. The summed E-state index contributed by atoms with van der Waals surface area (Å²) in [5.74, 6) is 1.89. The molecule has 1 rings (SSSR count). The number of carbonyl (C=O) groups excluding carboxylic acids is 1. The second kappa shape index (κ2) is 7.52. The zero-order valence-electron chi connectivity index (χ0n) is 11.6. The Morgan fingerprint density at radius 2 is 2.06 bits per heavy atom. The molecule has 1 aliphatic rings. The second-order valence-corrected chi connectivity index (χ2v) is 5.18. The van der Waals surface area contributed by atoms with Gasteiger partial charge in [0.25, 0.3) is 0 Å². The van der Waals surface area contributed by atoms with Crippen LogP contribution in [0.25, 0.3) is 0 Å². The Morgan fingerprint density at radius 3 is 2.65 bits per heavy atom. The lowest BCUT2D eigenvalue weighted by Gasteiger charge is -2.20. The molecule has 0 aromatic heterocycles. The monoisotopic (exact) mass is 237 g/mol. The number of allylic oxidation sites excluding steroid dienone is 2. The molecule has 0 bridgehead atoms. The highest BCUT2D eigenvalue weighted by atomic mass is 16.2. The van der Waals surface area contributed by atoms with E-state index in [2.05, 4.69) is 26.0 Å². The van der Waals surface area contributed by atoms with E-state index < -0.39 is 0 Å². The average Bonchev–Trinajstić information content (AvgIpc) is 3.02. The Balaban J connectivity index is 2.17. The molecule has 0 aromatic carbocycles. The van der Waals surface area contributed by atoms with Crippen LogP contribution in [0.15, 0.2) is 12.2 Å². The summed E-state index contributed by atoms with van der Waals surface area (Å²) in [5.41, 5.74) is 0. The molecule has 1 saturated carbocycles. The molecule has 0 aliphatic heterocycles. The van der Waals surface area contributed by atoms with Gasteiger partial charge in [-0.2, -0.15) is 0 Å². The number of carbonyl (C=O) groups is 1. The van der Waals surface area contributed by atoms with Crippen molar-refractivity contribution in [1.82, 2.24) is 4.90 Å². The number of hydrogen-bond donors (Lipinski definition) is 0. The Morgan fingerprint density at radius 1 is 1.29 bits per heavy atom. The molecule has 1 fully saturated rings. The summed E-state index contributed by atoms with van der Waals surface area (Å²) in [6.07, 6.45) is 10.6. The molecule has 1 amide bonds. The summed E-state index contributed by atoms with van der Waals surface area (Å²) in [4.78, 5) is 13.4. The quantitative estimate of drug-likeness (QED) is 0.590. The van der Waals surface area contributed by atoms with Gasteiger partial charge in [-0.1, -0.05) is 26.0 Å². The van der Waals surface area contributed by atoms with E-state index in [1.165, 1.54) is 19.3 Å². The van der Waals surface area contributed by atoms with Gasteiger partial charge >= 0.3 is 0 Å². The smallest absolute Gasteiger partial charge is 0.219 e. The van der Waals surface area contributed by atoms with Crippen molar-refractivity contribution in [2.24, 2.45) is 11.8 Å². The third-order valence-corrected chi connectivity index (χ3v) is 3.57. The highest BCUT2D eigenvalue weighted by Gasteiger charge is 2.37. The molecule has 0 N–H and O–H groups in total. The first-order valence-corrected chi connectivity index (χ1v) is 7.09. The van der Waals surface area contributed by atoms with Gasteiger partial charge in [0.15, 0.2) is 0 Å². The van der Waals surface area contributed by atoms with Gasteiger partial charge < -0.3 is 4.90 Å². The molecule has 0 aromatic rings. The van der Waals surface area contributed by atoms with E-state index in [1.807, 2.05) is 4.90 Å². The van der Waals surface area contributed by atoms with Gasteiger partial charge in [0.2, 0.25) is 5.91 Å². The zero-order valence-corrected chi connectivity index (χ0v) is 11.6. The lowest BCUT2D eigenvalue weighted by Crippen LogP contribution is -2.31. The first-order valence-electron chi connectivity index (χ1n) is 7.09. The molecule has 2 unspecified atom stereocenters. The van der Waals surface area contributed by atoms with Crippen LogP contribution in [0.5, 0.6) is 0 Å². The Hall–Kier alpha value is -0.790. The van der Waals surface area contributed by atoms with Crippen LogP contribution in [0, 0.1) is 11.8 Å². The molecule has 1 aliphatic carbocycles. The van der Waals surface area contributed by atoms with Crippen molar-refractivity contribution in [3.63, 3.8) is 0 Å². The predicted octanol–water partition coefficient (Wildman–Crippen LogP) is 3.63. The van der Waals surface area contributed by atoms with Crippen LogP contribution in [-0.4, -0.2) is 23.9 Å². The maximum Gasteiger partial charge on any atom is 0.219 e. The Kier molecular flexibility index (Phi) is 6.31.